The van der Waals surface area contributed by atoms with Gasteiger partial charge in [-0.05, 0) is 36.8 Å². The molecule has 0 saturated heterocycles. The molecule has 0 saturated carbocycles. The van der Waals surface area contributed by atoms with Crippen molar-refractivity contribution in [1.29, 1.82) is 0 Å². The van der Waals surface area contributed by atoms with E-state index in [4.69, 9.17) is 0 Å². The van der Waals surface area contributed by atoms with Crippen molar-refractivity contribution in [2.75, 3.05) is 7.05 Å². The first kappa shape index (κ1) is 18.2. The van der Waals surface area contributed by atoms with Crippen molar-refractivity contribution in [3.8, 4) is 0 Å². The molecule has 3 aromatic rings. The number of sulfonamides is 1. The summed E-state index contributed by atoms with van der Waals surface area (Å²) in [6.45, 7) is 1.93. The molecule has 140 valence electrons. The largest absolute Gasteiger partial charge is 0.265 e. The maximum atomic E-state index is 13.2. The van der Waals surface area contributed by atoms with Gasteiger partial charge in [0.2, 0.25) is 0 Å². The first-order valence-corrected chi connectivity index (χ1v) is 10.4. The van der Waals surface area contributed by atoms with Crippen LogP contribution in [0.2, 0.25) is 0 Å². The molecular weight excluding hydrogens is 368 g/mol. The number of rotatable bonds is 3. The lowest BCUT2D eigenvalue weighted by atomic mass is 10.0. The molecule has 0 aliphatic carbocycles. The zero-order valence-electron chi connectivity index (χ0n) is 15.7. The Bertz CT molecular complexity index is 1180. The maximum absolute atomic E-state index is 13.2. The third-order valence-corrected chi connectivity index (χ3v) is 6.51. The Hall–Kier alpha value is -3.18. The van der Waals surface area contributed by atoms with Crippen LogP contribution in [0, 0.1) is 6.92 Å². The summed E-state index contributed by atoms with van der Waals surface area (Å²) in [6.07, 6.45) is 1.98. The van der Waals surface area contributed by atoms with Gasteiger partial charge in [0.05, 0.1) is 10.6 Å². The highest BCUT2D eigenvalue weighted by atomic mass is 32.2. The second-order valence-electron chi connectivity index (χ2n) is 6.71. The minimum absolute atomic E-state index is 0.248. The number of aliphatic imine (C=N–C) groups is 1. The van der Waals surface area contributed by atoms with Crippen LogP contribution in [0.5, 0.6) is 0 Å². The SMILES string of the molecule is Cc1ccc(S(=O)(=O)N(C)C2=Nc3ccccc3C2=Cc2ccccc2)cc1. The molecule has 1 aliphatic heterocycles. The summed E-state index contributed by atoms with van der Waals surface area (Å²) in [4.78, 5) is 4.88. The molecule has 4 rings (SSSR count). The molecule has 0 amide bonds. The van der Waals surface area contributed by atoms with E-state index in [1.54, 1.807) is 31.3 Å². The van der Waals surface area contributed by atoms with E-state index >= 15 is 0 Å². The van der Waals surface area contributed by atoms with Crippen molar-refractivity contribution >= 4 is 33.2 Å². The number of fused-ring (bicyclic) bond motifs is 1. The Kier molecular flexibility index (Phi) is 4.61. The molecule has 0 fully saturated rings. The summed E-state index contributed by atoms with van der Waals surface area (Å²) in [6, 6.07) is 24.4. The van der Waals surface area contributed by atoms with E-state index in [1.807, 2.05) is 67.6 Å². The van der Waals surface area contributed by atoms with Crippen LogP contribution in [0.25, 0.3) is 11.6 Å². The first-order valence-electron chi connectivity index (χ1n) is 8.97. The zero-order valence-corrected chi connectivity index (χ0v) is 16.5. The number of benzene rings is 3. The predicted octanol–water partition coefficient (Wildman–Crippen LogP) is 4.90. The highest BCUT2D eigenvalue weighted by Gasteiger charge is 2.31. The van der Waals surface area contributed by atoms with Crippen molar-refractivity contribution in [3.63, 3.8) is 0 Å². The van der Waals surface area contributed by atoms with Gasteiger partial charge in [0, 0.05) is 18.2 Å². The summed E-state index contributed by atoms with van der Waals surface area (Å²) < 4.78 is 27.7. The number of likely N-dealkylation sites (N-methyl/N-ethyl adjacent to an activating group) is 1. The third kappa shape index (κ3) is 3.25. The van der Waals surface area contributed by atoms with Gasteiger partial charge in [-0.2, -0.15) is 0 Å². The molecule has 3 aromatic carbocycles. The highest BCUT2D eigenvalue weighted by Crippen LogP contribution is 2.37. The van der Waals surface area contributed by atoms with Crippen molar-refractivity contribution in [2.24, 2.45) is 4.99 Å². The number of hydrogen-bond donors (Lipinski definition) is 0. The van der Waals surface area contributed by atoms with E-state index < -0.39 is 10.0 Å². The van der Waals surface area contributed by atoms with Crippen LogP contribution in [0.4, 0.5) is 5.69 Å². The molecule has 1 heterocycles. The maximum Gasteiger partial charge on any atom is 0.265 e. The fourth-order valence-electron chi connectivity index (χ4n) is 3.17. The van der Waals surface area contributed by atoms with Gasteiger partial charge in [-0.3, -0.25) is 4.31 Å². The minimum Gasteiger partial charge on any atom is -0.252 e. The van der Waals surface area contributed by atoms with E-state index in [2.05, 4.69) is 4.99 Å². The fourth-order valence-corrected chi connectivity index (χ4v) is 4.34. The lowest BCUT2D eigenvalue weighted by Gasteiger charge is -2.20. The van der Waals surface area contributed by atoms with Crippen molar-refractivity contribution in [2.45, 2.75) is 11.8 Å². The summed E-state index contributed by atoms with van der Waals surface area (Å²) in [7, 11) is -2.17. The van der Waals surface area contributed by atoms with Gasteiger partial charge in [0.25, 0.3) is 10.0 Å². The fraction of sp³-hybridized carbons (Fsp3) is 0.0870. The van der Waals surface area contributed by atoms with Gasteiger partial charge >= 0.3 is 0 Å². The smallest absolute Gasteiger partial charge is 0.252 e. The lowest BCUT2D eigenvalue weighted by molar-refractivity contribution is 0.554. The highest BCUT2D eigenvalue weighted by molar-refractivity contribution is 7.89. The number of hydrogen-bond acceptors (Lipinski definition) is 3. The monoisotopic (exact) mass is 388 g/mol. The van der Waals surface area contributed by atoms with Crippen LogP contribution >= 0.6 is 0 Å². The Balaban J connectivity index is 1.81. The molecule has 4 nitrogen and oxygen atoms in total. The van der Waals surface area contributed by atoms with E-state index in [0.29, 0.717) is 5.84 Å². The Morgan fingerprint density at radius 2 is 1.50 bits per heavy atom. The van der Waals surface area contributed by atoms with Gasteiger partial charge in [0.1, 0.15) is 0 Å². The lowest BCUT2D eigenvalue weighted by Crippen LogP contribution is -2.32. The van der Waals surface area contributed by atoms with E-state index in [1.165, 1.54) is 4.31 Å². The van der Waals surface area contributed by atoms with E-state index in [9.17, 15) is 8.42 Å². The second-order valence-corrected chi connectivity index (χ2v) is 8.68. The molecule has 0 unspecified atom stereocenters. The number of nitrogens with zero attached hydrogens (tertiary/aromatic N) is 2. The molecule has 0 bridgehead atoms. The molecule has 0 atom stereocenters. The number of aryl methyl sites for hydroxylation is 1. The summed E-state index contributed by atoms with van der Waals surface area (Å²) in [5, 5.41) is 0. The van der Waals surface area contributed by atoms with Gasteiger partial charge in [-0.1, -0.05) is 66.2 Å². The number of para-hydroxylation sites is 1. The summed E-state index contributed by atoms with van der Waals surface area (Å²) in [5.74, 6) is 0.422. The molecule has 0 spiro atoms. The molecule has 0 aromatic heterocycles. The quantitative estimate of drug-likeness (QED) is 0.641. The molecule has 0 N–H and O–H groups in total. The Morgan fingerprint density at radius 1 is 0.857 bits per heavy atom. The average molecular weight is 388 g/mol. The van der Waals surface area contributed by atoms with Gasteiger partial charge < -0.3 is 0 Å². The van der Waals surface area contributed by atoms with Gasteiger partial charge in [-0.25, -0.2) is 13.4 Å². The van der Waals surface area contributed by atoms with E-state index in [-0.39, 0.29) is 4.90 Å². The van der Waals surface area contributed by atoms with Gasteiger partial charge in [0.15, 0.2) is 5.84 Å². The third-order valence-electron chi connectivity index (χ3n) is 4.75. The van der Waals surface area contributed by atoms with Crippen LogP contribution < -0.4 is 0 Å². The molecule has 5 heteroatoms. The molecule has 1 aliphatic rings. The standard InChI is InChI=1S/C23H20N2O2S/c1-17-12-14-19(15-13-17)28(26,27)25(2)23-21(16-18-8-4-3-5-9-18)20-10-6-7-11-22(20)24-23/h3-16H,1-2H3. The van der Waals surface area contributed by atoms with Crippen LogP contribution in [0.3, 0.4) is 0 Å². The second kappa shape index (κ2) is 7.09. The molecular formula is C23H20N2O2S. The van der Waals surface area contributed by atoms with Crippen molar-refractivity contribution < 1.29 is 8.42 Å². The Morgan fingerprint density at radius 3 is 2.21 bits per heavy atom. The first-order chi connectivity index (χ1) is 13.5. The Labute approximate surface area is 165 Å². The van der Waals surface area contributed by atoms with Crippen molar-refractivity contribution in [1.82, 2.24) is 4.31 Å². The van der Waals surface area contributed by atoms with Crippen LogP contribution in [0.1, 0.15) is 16.7 Å². The van der Waals surface area contributed by atoms with Crippen LogP contribution in [0.15, 0.2) is 88.8 Å². The van der Waals surface area contributed by atoms with Crippen LogP contribution in [-0.2, 0) is 10.0 Å². The molecule has 0 radical (unpaired) electrons. The summed E-state index contributed by atoms with van der Waals surface area (Å²) in [5.41, 5.74) is 4.48. The molecule has 28 heavy (non-hydrogen) atoms. The summed E-state index contributed by atoms with van der Waals surface area (Å²) >= 11 is 0. The normalized spacial score (nSPS) is 14.6. The zero-order chi connectivity index (χ0) is 19.7. The average Bonchev–Trinajstić information content (AvgIpc) is 3.07. The van der Waals surface area contributed by atoms with Gasteiger partial charge in [-0.15, -0.1) is 0 Å². The van der Waals surface area contributed by atoms with Crippen molar-refractivity contribution in [3.05, 3.63) is 95.6 Å². The van der Waals surface area contributed by atoms with Crippen LogP contribution in [-0.4, -0.2) is 25.6 Å². The topological polar surface area (TPSA) is 49.7 Å². The predicted molar refractivity (Wildman–Crippen MR) is 114 cm³/mol. The number of amidine groups is 1. The van der Waals surface area contributed by atoms with E-state index in [0.717, 1.165) is 28.0 Å². The minimum atomic E-state index is -3.72.